The molecular formula is C22H23FN2O4. The number of aromatic nitrogens is 2. The van der Waals surface area contributed by atoms with Gasteiger partial charge < -0.3 is 13.8 Å². The molecule has 3 rings (SSSR count). The number of benzene rings is 1. The van der Waals surface area contributed by atoms with Gasteiger partial charge in [0.05, 0.1) is 5.69 Å². The lowest BCUT2D eigenvalue weighted by atomic mass is 10.1. The van der Waals surface area contributed by atoms with E-state index in [1.165, 1.54) is 12.1 Å². The Kier molecular flexibility index (Phi) is 5.96. The molecule has 3 aromatic rings. The lowest BCUT2D eigenvalue weighted by Gasteiger charge is -2.10. The highest BCUT2D eigenvalue weighted by Crippen LogP contribution is 2.19. The van der Waals surface area contributed by atoms with E-state index in [2.05, 4.69) is 5.16 Å². The molecule has 0 atom stereocenters. The second-order valence-corrected chi connectivity index (χ2v) is 6.91. The predicted octanol–water partition coefficient (Wildman–Crippen LogP) is 4.19. The van der Waals surface area contributed by atoms with Crippen LogP contribution in [0.15, 0.2) is 34.9 Å². The largest absolute Gasteiger partial charge is 0.454 e. The maximum absolute atomic E-state index is 13.1. The molecule has 0 bridgehead atoms. The number of nitrogens with zero attached hydrogens (tertiary/aromatic N) is 2. The molecule has 0 radical (unpaired) electrons. The van der Waals surface area contributed by atoms with Gasteiger partial charge in [-0.25, -0.2) is 9.18 Å². The second-order valence-electron chi connectivity index (χ2n) is 6.91. The summed E-state index contributed by atoms with van der Waals surface area (Å²) in [4.78, 5) is 25.0. The summed E-state index contributed by atoms with van der Waals surface area (Å²) in [7, 11) is 0. The van der Waals surface area contributed by atoms with E-state index in [9.17, 15) is 14.0 Å². The first-order valence-electron chi connectivity index (χ1n) is 9.38. The minimum absolute atomic E-state index is 0.280. The average molecular weight is 398 g/mol. The molecule has 6 nitrogen and oxygen atoms in total. The monoisotopic (exact) mass is 398 g/mol. The highest BCUT2D eigenvalue weighted by Gasteiger charge is 2.23. The summed E-state index contributed by atoms with van der Waals surface area (Å²) in [6.07, 6.45) is 0.528. The van der Waals surface area contributed by atoms with Gasteiger partial charge in [-0.15, -0.1) is 0 Å². The highest BCUT2D eigenvalue weighted by molar-refractivity contribution is 6.00. The van der Waals surface area contributed by atoms with E-state index < -0.39 is 5.97 Å². The smallest absolute Gasteiger partial charge is 0.344 e. The predicted molar refractivity (Wildman–Crippen MR) is 105 cm³/mol. The average Bonchev–Trinajstić information content (AvgIpc) is 3.21. The fraction of sp³-hybridized carbons (Fsp3) is 0.318. The highest BCUT2D eigenvalue weighted by atomic mass is 19.1. The number of esters is 1. The van der Waals surface area contributed by atoms with E-state index in [4.69, 9.17) is 9.26 Å². The third kappa shape index (κ3) is 4.29. The zero-order valence-electron chi connectivity index (χ0n) is 16.9. The van der Waals surface area contributed by atoms with Crippen molar-refractivity contribution in [3.05, 3.63) is 75.7 Å². The molecule has 0 aliphatic carbocycles. The minimum atomic E-state index is -0.617. The molecule has 0 saturated carbocycles. The van der Waals surface area contributed by atoms with Gasteiger partial charge in [-0.2, -0.15) is 0 Å². The zero-order valence-corrected chi connectivity index (χ0v) is 16.9. The van der Waals surface area contributed by atoms with E-state index in [0.29, 0.717) is 30.0 Å². The number of hydrogen-bond donors (Lipinski definition) is 0. The van der Waals surface area contributed by atoms with E-state index in [1.54, 1.807) is 25.1 Å². The third-order valence-corrected chi connectivity index (χ3v) is 4.93. The Morgan fingerprint density at radius 1 is 1.17 bits per heavy atom. The summed E-state index contributed by atoms with van der Waals surface area (Å²) in [6.45, 7) is 7.37. The van der Waals surface area contributed by atoms with Gasteiger partial charge in [0.15, 0.2) is 6.61 Å². The Balaban J connectivity index is 1.72. The third-order valence-electron chi connectivity index (χ3n) is 4.93. The van der Waals surface area contributed by atoms with Crippen LogP contribution in [0.1, 0.15) is 56.0 Å². The van der Waals surface area contributed by atoms with E-state index >= 15 is 0 Å². The van der Waals surface area contributed by atoms with Gasteiger partial charge in [-0.05, 0) is 51.0 Å². The first kappa shape index (κ1) is 20.5. The van der Waals surface area contributed by atoms with Crippen LogP contribution in [0.25, 0.3) is 0 Å². The van der Waals surface area contributed by atoms with Gasteiger partial charge in [0.2, 0.25) is 5.78 Å². The summed E-state index contributed by atoms with van der Waals surface area (Å²) in [5, 5.41) is 3.83. The van der Waals surface area contributed by atoms with Gasteiger partial charge in [0.1, 0.15) is 17.1 Å². The number of carbonyl (C=O) groups excluding carboxylic acids is 2. The summed E-state index contributed by atoms with van der Waals surface area (Å²) in [6, 6.07) is 8.02. The fourth-order valence-corrected chi connectivity index (χ4v) is 3.30. The maximum atomic E-state index is 13.1. The Bertz CT molecular complexity index is 1050. The number of ketones is 1. The van der Waals surface area contributed by atoms with Crippen molar-refractivity contribution in [1.82, 2.24) is 9.72 Å². The first-order valence-corrected chi connectivity index (χ1v) is 9.38. The molecule has 152 valence electrons. The van der Waals surface area contributed by atoms with Gasteiger partial charge in [-0.3, -0.25) is 4.79 Å². The van der Waals surface area contributed by atoms with Gasteiger partial charge in [0.25, 0.3) is 0 Å². The topological polar surface area (TPSA) is 74.3 Å². The standard InChI is InChI=1S/C22H23FN2O4/c1-5-19-21(15(4)29-24-19)22(27)28-12-20(26)18-10-13(2)25(14(18)3)11-16-6-8-17(23)9-7-16/h6-10H,5,11-12H2,1-4H3. The van der Waals surface area contributed by atoms with Gasteiger partial charge in [0, 0.05) is 23.5 Å². The number of hydrogen-bond acceptors (Lipinski definition) is 5. The summed E-state index contributed by atoms with van der Waals surface area (Å²) in [5.41, 5.74) is 3.87. The van der Waals surface area contributed by atoms with Crippen LogP contribution >= 0.6 is 0 Å². The number of aryl methyl sites for hydroxylation is 3. The summed E-state index contributed by atoms with van der Waals surface area (Å²) in [5.74, 6) is -0.823. The van der Waals surface area contributed by atoms with Gasteiger partial charge in [-0.1, -0.05) is 24.2 Å². The van der Waals surface area contributed by atoms with Crippen molar-refractivity contribution in [2.75, 3.05) is 6.61 Å². The van der Waals surface area contributed by atoms with Crippen LogP contribution in [-0.4, -0.2) is 28.1 Å². The molecule has 7 heteroatoms. The van der Waals surface area contributed by atoms with Crippen LogP contribution in [0.2, 0.25) is 0 Å². The van der Waals surface area contributed by atoms with Crippen LogP contribution in [0.3, 0.4) is 0 Å². The molecule has 2 heterocycles. The summed E-state index contributed by atoms with van der Waals surface area (Å²) >= 11 is 0. The molecule has 0 saturated heterocycles. The number of Topliss-reactive ketones (excluding diaryl/α,β-unsaturated/α-hetero) is 1. The Labute approximate surface area is 168 Å². The van der Waals surface area contributed by atoms with Crippen molar-refractivity contribution in [2.24, 2.45) is 0 Å². The Morgan fingerprint density at radius 2 is 1.86 bits per heavy atom. The SMILES string of the molecule is CCc1noc(C)c1C(=O)OCC(=O)c1cc(C)n(Cc2ccc(F)cc2)c1C. The van der Waals surface area contributed by atoms with Crippen LogP contribution in [0, 0.1) is 26.6 Å². The quantitative estimate of drug-likeness (QED) is 0.441. The van der Waals surface area contributed by atoms with Crippen molar-refractivity contribution >= 4 is 11.8 Å². The molecule has 29 heavy (non-hydrogen) atoms. The van der Waals surface area contributed by atoms with Crippen molar-refractivity contribution in [2.45, 2.75) is 40.7 Å². The molecule has 0 N–H and O–H groups in total. The maximum Gasteiger partial charge on any atom is 0.344 e. The lowest BCUT2D eigenvalue weighted by Crippen LogP contribution is -2.16. The summed E-state index contributed by atoms with van der Waals surface area (Å²) < 4.78 is 25.4. The molecule has 0 fully saturated rings. The molecule has 0 aliphatic heterocycles. The molecule has 0 aliphatic rings. The van der Waals surface area contributed by atoms with Crippen molar-refractivity contribution in [3.63, 3.8) is 0 Å². The first-order chi connectivity index (χ1) is 13.8. The van der Waals surface area contributed by atoms with E-state index in [0.717, 1.165) is 17.0 Å². The number of rotatable bonds is 7. The zero-order chi connectivity index (χ0) is 21.1. The molecule has 0 amide bonds. The van der Waals surface area contributed by atoms with Crippen molar-refractivity contribution in [1.29, 1.82) is 0 Å². The molecule has 0 unspecified atom stereocenters. The van der Waals surface area contributed by atoms with Crippen molar-refractivity contribution < 1.29 is 23.2 Å². The lowest BCUT2D eigenvalue weighted by molar-refractivity contribution is 0.0472. The van der Waals surface area contributed by atoms with E-state index in [-0.39, 0.29) is 23.8 Å². The minimum Gasteiger partial charge on any atom is -0.454 e. The molecule has 1 aromatic carbocycles. The molecule has 0 spiro atoms. The van der Waals surface area contributed by atoms with E-state index in [1.807, 2.05) is 25.3 Å². The van der Waals surface area contributed by atoms with Crippen LogP contribution in [0.4, 0.5) is 4.39 Å². The fourth-order valence-electron chi connectivity index (χ4n) is 3.30. The Hall–Kier alpha value is -3.22. The van der Waals surface area contributed by atoms with Gasteiger partial charge >= 0.3 is 5.97 Å². The van der Waals surface area contributed by atoms with Crippen LogP contribution in [-0.2, 0) is 17.7 Å². The second kappa shape index (κ2) is 8.43. The molecular weight excluding hydrogens is 375 g/mol. The number of halogens is 1. The van der Waals surface area contributed by atoms with Crippen LogP contribution < -0.4 is 0 Å². The van der Waals surface area contributed by atoms with Crippen LogP contribution in [0.5, 0.6) is 0 Å². The molecule has 2 aromatic heterocycles. The number of ether oxygens (including phenoxy) is 1. The normalized spacial score (nSPS) is 10.9. The Morgan fingerprint density at radius 3 is 2.52 bits per heavy atom. The number of carbonyl (C=O) groups is 2. The van der Waals surface area contributed by atoms with Crippen molar-refractivity contribution in [3.8, 4) is 0 Å².